The molecular weight excluding hydrogens is 405 g/mol. The second-order valence-corrected chi connectivity index (χ2v) is 6.67. The van der Waals surface area contributed by atoms with Gasteiger partial charge in [0.15, 0.2) is 0 Å². The third-order valence-corrected chi connectivity index (χ3v) is 4.57. The van der Waals surface area contributed by atoms with Crippen LogP contribution in [0.25, 0.3) is 22.4 Å². The number of benzene rings is 1. The summed E-state index contributed by atoms with van der Waals surface area (Å²) in [6, 6.07) is 13.9. The number of pyridine rings is 2. The Morgan fingerprint density at radius 2 is 1.90 bits per heavy atom. The molecule has 0 saturated heterocycles. The van der Waals surface area contributed by atoms with Crippen molar-refractivity contribution < 1.29 is 13.2 Å². The molecule has 0 spiro atoms. The second-order valence-electron chi connectivity index (χ2n) is 6.67. The summed E-state index contributed by atoms with van der Waals surface area (Å²) in [5.74, 6) is 0.410. The third-order valence-electron chi connectivity index (χ3n) is 4.57. The van der Waals surface area contributed by atoms with Gasteiger partial charge < -0.3 is 5.32 Å². The number of nitriles is 1. The van der Waals surface area contributed by atoms with Crippen molar-refractivity contribution in [2.24, 2.45) is 0 Å². The van der Waals surface area contributed by atoms with Crippen LogP contribution in [0.15, 0.2) is 67.1 Å². The number of nitrogens with zero attached hydrogens (tertiary/aromatic N) is 4. The van der Waals surface area contributed by atoms with Crippen LogP contribution >= 0.6 is 0 Å². The SMILES string of the molecule is N#Cc1ccc(-c2ccnc(NCc3cc(-c4cccnc4)n[nH]3)c2)c(C(F)(F)F)c1. The normalized spacial score (nSPS) is 11.2. The number of anilines is 1. The molecule has 0 atom stereocenters. The Morgan fingerprint density at radius 1 is 1.03 bits per heavy atom. The van der Waals surface area contributed by atoms with Crippen molar-refractivity contribution in [1.29, 1.82) is 5.26 Å². The summed E-state index contributed by atoms with van der Waals surface area (Å²) in [6.45, 7) is 0.350. The second kappa shape index (κ2) is 8.28. The molecule has 2 N–H and O–H groups in total. The Bertz CT molecular complexity index is 1240. The lowest BCUT2D eigenvalue weighted by Gasteiger charge is -2.14. The zero-order chi connectivity index (χ0) is 21.8. The van der Waals surface area contributed by atoms with Gasteiger partial charge in [0.1, 0.15) is 5.82 Å². The van der Waals surface area contributed by atoms with E-state index in [4.69, 9.17) is 5.26 Å². The van der Waals surface area contributed by atoms with Crippen molar-refractivity contribution in [3.05, 3.63) is 83.9 Å². The highest BCUT2D eigenvalue weighted by Crippen LogP contribution is 2.38. The van der Waals surface area contributed by atoms with E-state index in [0.29, 0.717) is 17.9 Å². The van der Waals surface area contributed by atoms with Gasteiger partial charge in [0.25, 0.3) is 0 Å². The van der Waals surface area contributed by atoms with Crippen molar-refractivity contribution in [3.63, 3.8) is 0 Å². The Labute approximate surface area is 175 Å². The molecule has 9 heteroatoms. The fourth-order valence-corrected chi connectivity index (χ4v) is 3.09. The maximum Gasteiger partial charge on any atom is 0.417 e. The molecule has 154 valence electrons. The van der Waals surface area contributed by atoms with Gasteiger partial charge in [-0.2, -0.15) is 23.5 Å². The van der Waals surface area contributed by atoms with E-state index in [1.165, 1.54) is 30.5 Å². The van der Waals surface area contributed by atoms with E-state index in [9.17, 15) is 13.2 Å². The molecule has 3 heterocycles. The zero-order valence-corrected chi connectivity index (χ0v) is 16.0. The van der Waals surface area contributed by atoms with Gasteiger partial charge in [-0.3, -0.25) is 10.1 Å². The standard InChI is InChI=1S/C22H15F3N6/c23-22(24,25)19-8-14(11-26)3-4-18(19)15-5-7-28-21(9-15)29-13-17-10-20(31-30-17)16-2-1-6-27-12-16/h1-10,12H,13H2,(H,28,29)(H,30,31). The van der Waals surface area contributed by atoms with Crippen LogP contribution in [0.3, 0.4) is 0 Å². The molecule has 4 aromatic rings. The molecule has 0 amide bonds. The summed E-state index contributed by atoms with van der Waals surface area (Å²) < 4.78 is 40.5. The van der Waals surface area contributed by atoms with Crippen molar-refractivity contribution in [1.82, 2.24) is 20.2 Å². The topological polar surface area (TPSA) is 90.3 Å². The highest BCUT2D eigenvalue weighted by molar-refractivity contribution is 5.71. The van der Waals surface area contributed by atoms with E-state index >= 15 is 0 Å². The number of hydrogen-bond acceptors (Lipinski definition) is 5. The molecule has 3 aromatic heterocycles. The average molecular weight is 420 g/mol. The van der Waals surface area contributed by atoms with Crippen LogP contribution in [0.1, 0.15) is 16.8 Å². The number of halogens is 3. The van der Waals surface area contributed by atoms with Gasteiger partial charge in [-0.25, -0.2) is 4.98 Å². The first-order chi connectivity index (χ1) is 14.9. The van der Waals surface area contributed by atoms with Crippen LogP contribution in [-0.2, 0) is 12.7 Å². The van der Waals surface area contributed by atoms with Crippen LogP contribution in [0.5, 0.6) is 0 Å². The molecule has 0 saturated carbocycles. The van der Waals surface area contributed by atoms with Crippen molar-refractivity contribution in [2.45, 2.75) is 12.7 Å². The first-order valence-corrected chi connectivity index (χ1v) is 9.20. The van der Waals surface area contributed by atoms with E-state index in [1.54, 1.807) is 18.5 Å². The van der Waals surface area contributed by atoms with Crippen LogP contribution in [-0.4, -0.2) is 20.2 Å². The Hall–Kier alpha value is -4.19. The first-order valence-electron chi connectivity index (χ1n) is 9.20. The lowest BCUT2D eigenvalue weighted by atomic mass is 9.98. The number of nitrogens with one attached hydrogen (secondary N) is 2. The minimum atomic E-state index is -4.59. The Morgan fingerprint density at radius 3 is 2.65 bits per heavy atom. The molecule has 0 unspecified atom stereocenters. The fourth-order valence-electron chi connectivity index (χ4n) is 3.09. The first kappa shape index (κ1) is 20.1. The van der Waals surface area contributed by atoms with Crippen LogP contribution in [0.2, 0.25) is 0 Å². The maximum absolute atomic E-state index is 13.5. The largest absolute Gasteiger partial charge is 0.417 e. The van der Waals surface area contributed by atoms with Gasteiger partial charge >= 0.3 is 6.18 Å². The van der Waals surface area contributed by atoms with Gasteiger partial charge in [0.05, 0.1) is 35.1 Å². The van der Waals surface area contributed by atoms with Gasteiger partial charge in [0.2, 0.25) is 0 Å². The van der Waals surface area contributed by atoms with Crippen LogP contribution in [0, 0.1) is 11.3 Å². The summed E-state index contributed by atoms with van der Waals surface area (Å²) in [6.07, 6.45) is 0.227. The molecular formula is C22H15F3N6. The molecule has 1 aromatic carbocycles. The van der Waals surface area contributed by atoms with Crippen LogP contribution in [0.4, 0.5) is 19.0 Å². The predicted molar refractivity (Wildman–Crippen MR) is 109 cm³/mol. The van der Waals surface area contributed by atoms with E-state index in [2.05, 4.69) is 25.5 Å². The van der Waals surface area contributed by atoms with Gasteiger partial charge in [0, 0.05) is 24.2 Å². The highest BCUT2D eigenvalue weighted by Gasteiger charge is 2.34. The number of aromatic amines is 1. The minimum Gasteiger partial charge on any atom is -0.364 e. The van der Waals surface area contributed by atoms with Gasteiger partial charge in [-0.1, -0.05) is 6.07 Å². The molecule has 0 aliphatic rings. The van der Waals surface area contributed by atoms with Crippen molar-refractivity contribution in [3.8, 4) is 28.5 Å². The molecule has 0 bridgehead atoms. The van der Waals surface area contributed by atoms with E-state index < -0.39 is 11.7 Å². The number of alkyl halides is 3. The summed E-state index contributed by atoms with van der Waals surface area (Å²) in [5, 5.41) is 19.2. The zero-order valence-electron chi connectivity index (χ0n) is 16.0. The van der Waals surface area contributed by atoms with E-state index in [-0.39, 0.29) is 11.1 Å². The predicted octanol–water partition coefficient (Wildman–Crippen LogP) is 5.04. The van der Waals surface area contributed by atoms with Gasteiger partial charge in [-0.15, -0.1) is 0 Å². The lowest BCUT2D eigenvalue weighted by molar-refractivity contribution is -0.137. The monoisotopic (exact) mass is 420 g/mol. The molecule has 0 radical (unpaired) electrons. The molecule has 6 nitrogen and oxygen atoms in total. The lowest BCUT2D eigenvalue weighted by Crippen LogP contribution is -2.08. The highest BCUT2D eigenvalue weighted by atomic mass is 19.4. The molecule has 0 aliphatic carbocycles. The smallest absolute Gasteiger partial charge is 0.364 e. The number of hydrogen-bond donors (Lipinski definition) is 2. The van der Waals surface area contributed by atoms with Crippen molar-refractivity contribution in [2.75, 3.05) is 5.32 Å². The van der Waals surface area contributed by atoms with E-state index in [1.807, 2.05) is 18.2 Å². The minimum absolute atomic E-state index is 0.0163. The number of aromatic nitrogens is 4. The Kier molecular flexibility index (Phi) is 5.37. The quantitative estimate of drug-likeness (QED) is 0.472. The number of rotatable bonds is 5. The molecule has 31 heavy (non-hydrogen) atoms. The number of H-pyrrole nitrogens is 1. The molecule has 0 fully saturated rings. The van der Waals surface area contributed by atoms with Crippen LogP contribution < -0.4 is 5.32 Å². The molecule has 4 rings (SSSR count). The van der Waals surface area contributed by atoms with Gasteiger partial charge in [-0.05, 0) is 53.6 Å². The maximum atomic E-state index is 13.5. The summed E-state index contributed by atoms with van der Waals surface area (Å²) in [4.78, 5) is 8.24. The average Bonchev–Trinajstić information content (AvgIpc) is 3.27. The summed E-state index contributed by atoms with van der Waals surface area (Å²) in [5.41, 5.74) is 1.79. The van der Waals surface area contributed by atoms with E-state index in [0.717, 1.165) is 23.0 Å². The summed E-state index contributed by atoms with van der Waals surface area (Å²) >= 11 is 0. The van der Waals surface area contributed by atoms with Crippen molar-refractivity contribution >= 4 is 5.82 Å². The Balaban J connectivity index is 1.55. The summed E-state index contributed by atoms with van der Waals surface area (Å²) in [7, 11) is 0. The fraction of sp³-hybridized carbons (Fsp3) is 0.0909. The molecule has 0 aliphatic heterocycles. The third kappa shape index (κ3) is 4.53.